The Labute approximate surface area is 163 Å². The Morgan fingerprint density at radius 3 is 2.52 bits per heavy atom. The molecule has 0 saturated heterocycles. The summed E-state index contributed by atoms with van der Waals surface area (Å²) in [6.45, 7) is 6.08. The SMILES string of the molecule is CCN(CC)c1ccc2[nH]nc(NC(=O)Cc3ccc(C(N)=S)cc3)c2c1. The molecule has 140 valence electrons. The number of nitrogens with one attached hydrogen (secondary N) is 2. The standard InChI is InChI=1S/C20H23N5OS/c1-3-25(4-2)15-9-10-17-16(12-15)20(24-23-17)22-18(26)11-13-5-7-14(8-6-13)19(21)27/h5-10,12H,3-4,11H2,1-2H3,(H2,21,27)(H2,22,23,24,26). The van der Waals surface area contributed by atoms with Gasteiger partial charge in [0.15, 0.2) is 5.82 Å². The molecule has 1 heterocycles. The number of amides is 1. The highest BCUT2D eigenvalue weighted by atomic mass is 32.1. The third-order valence-corrected chi connectivity index (χ3v) is 4.77. The quantitative estimate of drug-likeness (QED) is 0.547. The number of hydrogen-bond acceptors (Lipinski definition) is 4. The molecule has 27 heavy (non-hydrogen) atoms. The molecule has 1 amide bonds. The van der Waals surface area contributed by atoms with Crippen molar-refractivity contribution in [2.45, 2.75) is 20.3 Å². The van der Waals surface area contributed by atoms with Crippen molar-refractivity contribution in [3.8, 4) is 0 Å². The Bertz CT molecular complexity index is 960. The molecular weight excluding hydrogens is 358 g/mol. The summed E-state index contributed by atoms with van der Waals surface area (Å²) in [5.41, 5.74) is 9.27. The monoisotopic (exact) mass is 381 g/mol. The molecular formula is C20H23N5OS. The number of anilines is 2. The number of benzene rings is 2. The van der Waals surface area contributed by atoms with Crippen molar-refractivity contribution in [1.29, 1.82) is 0 Å². The van der Waals surface area contributed by atoms with Gasteiger partial charge in [0.05, 0.1) is 11.9 Å². The highest BCUT2D eigenvalue weighted by molar-refractivity contribution is 7.80. The Kier molecular flexibility index (Phi) is 5.71. The molecule has 0 atom stereocenters. The van der Waals surface area contributed by atoms with Crippen LogP contribution in [-0.2, 0) is 11.2 Å². The predicted molar refractivity (Wildman–Crippen MR) is 114 cm³/mol. The highest BCUT2D eigenvalue weighted by Crippen LogP contribution is 2.26. The predicted octanol–water partition coefficient (Wildman–Crippen LogP) is 3.22. The summed E-state index contributed by atoms with van der Waals surface area (Å²) in [6, 6.07) is 13.5. The fraction of sp³-hybridized carbons (Fsp3) is 0.250. The fourth-order valence-corrected chi connectivity index (χ4v) is 3.17. The Hall–Kier alpha value is -2.93. The summed E-state index contributed by atoms with van der Waals surface area (Å²) in [5.74, 6) is 0.420. The normalized spacial score (nSPS) is 10.7. The minimum Gasteiger partial charge on any atom is -0.389 e. The van der Waals surface area contributed by atoms with Crippen LogP contribution < -0.4 is 16.0 Å². The minimum atomic E-state index is -0.125. The van der Waals surface area contributed by atoms with Crippen molar-refractivity contribution in [3.05, 3.63) is 53.6 Å². The largest absolute Gasteiger partial charge is 0.389 e. The van der Waals surface area contributed by atoms with Crippen LogP contribution in [0.25, 0.3) is 10.9 Å². The number of nitrogens with two attached hydrogens (primary N) is 1. The van der Waals surface area contributed by atoms with E-state index in [1.807, 2.05) is 30.3 Å². The maximum absolute atomic E-state index is 12.4. The fourth-order valence-electron chi connectivity index (χ4n) is 3.03. The molecule has 0 aliphatic carbocycles. The van der Waals surface area contributed by atoms with Gasteiger partial charge in [0, 0.05) is 29.7 Å². The first-order valence-electron chi connectivity index (χ1n) is 8.93. The Morgan fingerprint density at radius 1 is 1.19 bits per heavy atom. The van der Waals surface area contributed by atoms with Crippen LogP contribution in [0.15, 0.2) is 42.5 Å². The first kappa shape index (κ1) is 18.8. The van der Waals surface area contributed by atoms with Gasteiger partial charge in [-0.05, 0) is 37.6 Å². The summed E-state index contributed by atoms with van der Waals surface area (Å²) >= 11 is 4.94. The lowest BCUT2D eigenvalue weighted by molar-refractivity contribution is -0.115. The molecule has 3 aromatic rings. The molecule has 0 radical (unpaired) electrons. The van der Waals surface area contributed by atoms with Crippen molar-refractivity contribution < 1.29 is 4.79 Å². The van der Waals surface area contributed by atoms with Crippen LogP contribution in [0.5, 0.6) is 0 Å². The third kappa shape index (κ3) is 4.25. The van der Waals surface area contributed by atoms with Gasteiger partial charge in [-0.25, -0.2) is 0 Å². The van der Waals surface area contributed by atoms with E-state index >= 15 is 0 Å². The number of hydrogen-bond donors (Lipinski definition) is 3. The van der Waals surface area contributed by atoms with Gasteiger partial charge in [-0.15, -0.1) is 0 Å². The van der Waals surface area contributed by atoms with Crippen LogP contribution >= 0.6 is 12.2 Å². The zero-order chi connectivity index (χ0) is 19.4. The Morgan fingerprint density at radius 2 is 1.89 bits per heavy atom. The summed E-state index contributed by atoms with van der Waals surface area (Å²) in [5, 5.41) is 11.0. The number of carbonyl (C=O) groups excluding carboxylic acids is 1. The van der Waals surface area contributed by atoms with E-state index in [0.29, 0.717) is 10.8 Å². The van der Waals surface area contributed by atoms with Crippen LogP contribution in [0.3, 0.4) is 0 Å². The van der Waals surface area contributed by atoms with E-state index in [-0.39, 0.29) is 12.3 Å². The summed E-state index contributed by atoms with van der Waals surface area (Å²) < 4.78 is 0. The molecule has 0 fully saturated rings. The average Bonchev–Trinajstić information content (AvgIpc) is 3.05. The number of aromatic amines is 1. The highest BCUT2D eigenvalue weighted by Gasteiger charge is 2.12. The zero-order valence-corrected chi connectivity index (χ0v) is 16.3. The van der Waals surface area contributed by atoms with Crippen molar-refractivity contribution >= 4 is 45.5 Å². The van der Waals surface area contributed by atoms with E-state index in [0.717, 1.165) is 40.8 Å². The zero-order valence-electron chi connectivity index (χ0n) is 15.5. The lowest BCUT2D eigenvalue weighted by atomic mass is 10.1. The van der Waals surface area contributed by atoms with Gasteiger partial charge in [-0.3, -0.25) is 9.89 Å². The van der Waals surface area contributed by atoms with E-state index in [9.17, 15) is 4.79 Å². The first-order chi connectivity index (χ1) is 13.0. The maximum Gasteiger partial charge on any atom is 0.230 e. The minimum absolute atomic E-state index is 0.125. The number of thiocarbonyl (C=S) groups is 1. The van der Waals surface area contributed by atoms with Crippen molar-refractivity contribution in [2.75, 3.05) is 23.3 Å². The molecule has 3 rings (SSSR count). The van der Waals surface area contributed by atoms with Crippen molar-refractivity contribution in [1.82, 2.24) is 10.2 Å². The summed E-state index contributed by atoms with van der Waals surface area (Å²) in [7, 11) is 0. The maximum atomic E-state index is 12.4. The molecule has 7 heteroatoms. The lowest BCUT2D eigenvalue weighted by Gasteiger charge is -2.20. The molecule has 1 aromatic heterocycles. The lowest BCUT2D eigenvalue weighted by Crippen LogP contribution is -2.21. The number of nitrogens with zero attached hydrogens (tertiary/aromatic N) is 2. The topological polar surface area (TPSA) is 87.0 Å². The molecule has 0 aliphatic rings. The Balaban J connectivity index is 1.76. The molecule has 0 saturated carbocycles. The van der Waals surface area contributed by atoms with Crippen LogP contribution in [0, 0.1) is 0 Å². The summed E-state index contributed by atoms with van der Waals surface area (Å²) in [4.78, 5) is 15.0. The number of aromatic nitrogens is 2. The van der Waals surface area contributed by atoms with Gasteiger partial charge in [-0.1, -0.05) is 36.5 Å². The second-order valence-corrected chi connectivity index (χ2v) is 6.70. The van der Waals surface area contributed by atoms with Crippen LogP contribution in [0.4, 0.5) is 11.5 Å². The second-order valence-electron chi connectivity index (χ2n) is 6.26. The van der Waals surface area contributed by atoms with E-state index in [1.165, 1.54) is 0 Å². The van der Waals surface area contributed by atoms with Gasteiger partial charge in [0.25, 0.3) is 0 Å². The second kappa shape index (κ2) is 8.18. The molecule has 0 bridgehead atoms. The number of H-pyrrole nitrogens is 1. The smallest absolute Gasteiger partial charge is 0.230 e. The van der Waals surface area contributed by atoms with Crippen LogP contribution in [0.2, 0.25) is 0 Å². The average molecular weight is 382 g/mol. The molecule has 4 N–H and O–H groups in total. The van der Waals surface area contributed by atoms with Crippen LogP contribution in [0.1, 0.15) is 25.0 Å². The van der Waals surface area contributed by atoms with E-state index in [4.69, 9.17) is 18.0 Å². The number of rotatable bonds is 7. The van der Waals surface area contributed by atoms with Gasteiger partial charge in [-0.2, -0.15) is 5.10 Å². The molecule has 0 unspecified atom stereocenters. The van der Waals surface area contributed by atoms with E-state index in [1.54, 1.807) is 0 Å². The molecule has 0 aliphatic heterocycles. The number of carbonyl (C=O) groups is 1. The van der Waals surface area contributed by atoms with E-state index in [2.05, 4.69) is 46.4 Å². The first-order valence-corrected chi connectivity index (χ1v) is 9.34. The third-order valence-electron chi connectivity index (χ3n) is 4.54. The van der Waals surface area contributed by atoms with Gasteiger partial charge >= 0.3 is 0 Å². The number of fused-ring (bicyclic) bond motifs is 1. The summed E-state index contributed by atoms with van der Waals surface area (Å²) in [6.07, 6.45) is 0.252. The van der Waals surface area contributed by atoms with Crippen molar-refractivity contribution in [2.24, 2.45) is 5.73 Å². The van der Waals surface area contributed by atoms with Gasteiger partial charge in [0.2, 0.25) is 5.91 Å². The molecule has 0 spiro atoms. The van der Waals surface area contributed by atoms with E-state index < -0.39 is 0 Å². The van der Waals surface area contributed by atoms with Gasteiger partial charge < -0.3 is 16.0 Å². The van der Waals surface area contributed by atoms with Crippen LogP contribution in [-0.4, -0.2) is 34.2 Å². The molecule has 6 nitrogen and oxygen atoms in total. The van der Waals surface area contributed by atoms with Gasteiger partial charge in [0.1, 0.15) is 4.99 Å². The molecule has 2 aromatic carbocycles. The van der Waals surface area contributed by atoms with Crippen molar-refractivity contribution in [3.63, 3.8) is 0 Å².